The van der Waals surface area contributed by atoms with Crippen LogP contribution in [0.4, 0.5) is 0 Å². The summed E-state index contributed by atoms with van der Waals surface area (Å²) in [5, 5.41) is 3.43. The molecule has 3 fully saturated rings. The maximum Gasteiger partial charge on any atom is 0.225 e. The number of carbonyl (C=O) groups is 1. The molecule has 3 aliphatic rings. The third-order valence-corrected chi connectivity index (χ3v) is 4.68. The normalized spacial score (nSPS) is 36.4. The molecule has 3 rings (SSSR count). The van der Waals surface area contributed by atoms with Gasteiger partial charge in [0.25, 0.3) is 0 Å². The lowest BCUT2D eigenvalue weighted by molar-refractivity contribution is -0.139. The topological polar surface area (TPSA) is 41.6 Å². The second kappa shape index (κ2) is 5.57. The molecular formula is C14H24N2O2. The van der Waals surface area contributed by atoms with Crippen molar-refractivity contribution in [3.05, 3.63) is 0 Å². The fraction of sp³-hybridized carbons (Fsp3) is 0.929. The molecule has 102 valence electrons. The monoisotopic (exact) mass is 252 g/mol. The Morgan fingerprint density at radius 2 is 2.17 bits per heavy atom. The summed E-state index contributed by atoms with van der Waals surface area (Å²) in [5.74, 6) is 1.01. The first-order chi connectivity index (χ1) is 8.84. The van der Waals surface area contributed by atoms with E-state index in [1.54, 1.807) is 0 Å². The minimum atomic E-state index is 0.181. The van der Waals surface area contributed by atoms with Crippen LogP contribution in [0.25, 0.3) is 0 Å². The fourth-order valence-corrected chi connectivity index (χ4v) is 3.66. The molecule has 0 aromatic heterocycles. The van der Waals surface area contributed by atoms with Gasteiger partial charge in [-0.15, -0.1) is 0 Å². The molecule has 0 radical (unpaired) electrons. The number of rotatable bonds is 2. The summed E-state index contributed by atoms with van der Waals surface area (Å²) in [5.41, 5.74) is 0. The van der Waals surface area contributed by atoms with Crippen molar-refractivity contribution in [1.82, 2.24) is 10.2 Å². The van der Waals surface area contributed by atoms with Crippen LogP contribution in [-0.4, -0.2) is 49.2 Å². The molecule has 0 aliphatic carbocycles. The number of ether oxygens (including phenoxy) is 1. The number of piperidine rings is 1. The van der Waals surface area contributed by atoms with Crippen LogP contribution >= 0.6 is 0 Å². The molecule has 3 atom stereocenters. The van der Waals surface area contributed by atoms with Crippen molar-refractivity contribution < 1.29 is 9.53 Å². The molecule has 3 aliphatic heterocycles. The van der Waals surface area contributed by atoms with Crippen LogP contribution in [0.5, 0.6) is 0 Å². The molecule has 0 aromatic rings. The molecule has 1 amide bonds. The fourth-order valence-electron chi connectivity index (χ4n) is 3.66. The van der Waals surface area contributed by atoms with Crippen LogP contribution in [0.1, 0.15) is 38.5 Å². The van der Waals surface area contributed by atoms with Crippen molar-refractivity contribution in [3.8, 4) is 0 Å². The number of hydrogen-bond acceptors (Lipinski definition) is 3. The lowest BCUT2D eigenvalue weighted by Gasteiger charge is -2.38. The van der Waals surface area contributed by atoms with Crippen molar-refractivity contribution >= 4 is 5.91 Å². The minimum Gasteiger partial charge on any atom is -0.378 e. The molecular weight excluding hydrogens is 228 g/mol. The molecule has 4 heteroatoms. The number of amides is 1. The third kappa shape index (κ3) is 2.54. The summed E-state index contributed by atoms with van der Waals surface area (Å²) < 4.78 is 5.69. The van der Waals surface area contributed by atoms with Crippen molar-refractivity contribution in [2.45, 2.75) is 50.7 Å². The van der Waals surface area contributed by atoms with Gasteiger partial charge in [0.15, 0.2) is 0 Å². The smallest absolute Gasteiger partial charge is 0.225 e. The van der Waals surface area contributed by atoms with E-state index in [0.29, 0.717) is 24.3 Å². The van der Waals surface area contributed by atoms with Crippen molar-refractivity contribution in [1.29, 1.82) is 0 Å². The van der Waals surface area contributed by atoms with Crippen molar-refractivity contribution in [2.24, 2.45) is 5.92 Å². The van der Waals surface area contributed by atoms with Crippen molar-refractivity contribution in [3.63, 3.8) is 0 Å². The Hall–Kier alpha value is -0.610. The second-order valence-corrected chi connectivity index (χ2v) is 5.91. The summed E-state index contributed by atoms with van der Waals surface area (Å²) in [7, 11) is 0. The van der Waals surface area contributed by atoms with Gasteiger partial charge in [-0.05, 0) is 38.0 Å². The van der Waals surface area contributed by atoms with Crippen LogP contribution in [0, 0.1) is 5.92 Å². The van der Waals surface area contributed by atoms with Gasteiger partial charge < -0.3 is 15.0 Å². The summed E-state index contributed by atoms with van der Waals surface area (Å²) in [6.45, 7) is 3.87. The lowest BCUT2D eigenvalue weighted by Crippen LogP contribution is -2.49. The zero-order chi connectivity index (χ0) is 12.4. The molecule has 3 saturated heterocycles. The number of likely N-dealkylation sites (tertiary alicyclic amines) is 1. The Morgan fingerprint density at radius 3 is 3.00 bits per heavy atom. The van der Waals surface area contributed by atoms with E-state index >= 15 is 0 Å². The van der Waals surface area contributed by atoms with Gasteiger partial charge >= 0.3 is 0 Å². The number of nitrogens with zero attached hydrogens (tertiary/aromatic N) is 1. The van der Waals surface area contributed by atoms with E-state index in [9.17, 15) is 4.79 Å². The third-order valence-electron chi connectivity index (χ3n) is 4.68. The van der Waals surface area contributed by atoms with Gasteiger partial charge in [-0.25, -0.2) is 0 Å². The highest BCUT2D eigenvalue weighted by Gasteiger charge is 2.37. The number of carbonyl (C=O) groups excluding carboxylic acids is 1. The number of hydrogen-bond donors (Lipinski definition) is 1. The summed E-state index contributed by atoms with van der Waals surface area (Å²) in [4.78, 5) is 14.6. The Kier molecular flexibility index (Phi) is 3.85. The predicted molar refractivity (Wildman–Crippen MR) is 69.3 cm³/mol. The predicted octanol–water partition coefficient (Wildman–Crippen LogP) is 1.16. The molecule has 1 N–H and O–H groups in total. The minimum absolute atomic E-state index is 0.181. The van der Waals surface area contributed by atoms with Gasteiger partial charge in [0, 0.05) is 32.3 Å². The molecule has 0 bridgehead atoms. The average Bonchev–Trinajstić information content (AvgIpc) is 2.87. The van der Waals surface area contributed by atoms with Gasteiger partial charge in [0.2, 0.25) is 5.91 Å². The number of nitrogens with one attached hydrogen (secondary N) is 1. The molecule has 0 aromatic carbocycles. The maximum absolute atomic E-state index is 12.4. The largest absolute Gasteiger partial charge is 0.378 e. The Bertz CT molecular complexity index is 302. The second-order valence-electron chi connectivity index (χ2n) is 5.91. The lowest BCUT2D eigenvalue weighted by atomic mass is 9.91. The summed E-state index contributed by atoms with van der Waals surface area (Å²) >= 11 is 0. The first-order valence-electron chi connectivity index (χ1n) is 7.46. The molecule has 3 unspecified atom stereocenters. The molecule has 0 saturated carbocycles. The van der Waals surface area contributed by atoms with E-state index in [0.717, 1.165) is 39.1 Å². The molecule has 3 heterocycles. The van der Waals surface area contributed by atoms with E-state index in [-0.39, 0.29) is 6.10 Å². The van der Waals surface area contributed by atoms with Gasteiger partial charge in [-0.2, -0.15) is 0 Å². The summed E-state index contributed by atoms with van der Waals surface area (Å²) in [6, 6.07) is 0.454. The van der Waals surface area contributed by atoms with Crippen LogP contribution < -0.4 is 5.32 Å². The van der Waals surface area contributed by atoms with E-state index < -0.39 is 0 Å². The quantitative estimate of drug-likeness (QED) is 0.802. The van der Waals surface area contributed by atoms with Gasteiger partial charge in [-0.1, -0.05) is 0 Å². The highest BCUT2D eigenvalue weighted by atomic mass is 16.5. The van der Waals surface area contributed by atoms with Crippen molar-refractivity contribution in [2.75, 3.05) is 26.2 Å². The van der Waals surface area contributed by atoms with E-state index in [2.05, 4.69) is 10.2 Å². The Labute approximate surface area is 109 Å². The maximum atomic E-state index is 12.4. The van der Waals surface area contributed by atoms with Crippen LogP contribution in [0.2, 0.25) is 0 Å². The standard InChI is InChI=1S/C14H24N2O2/c17-14(8-12-5-1-2-7-18-12)16-6-3-4-11-9-15-10-13(11)16/h11-13,15H,1-10H2. The molecule has 18 heavy (non-hydrogen) atoms. The van der Waals surface area contributed by atoms with Crippen LogP contribution in [0.3, 0.4) is 0 Å². The Balaban J connectivity index is 1.57. The average molecular weight is 252 g/mol. The van der Waals surface area contributed by atoms with Crippen LogP contribution in [-0.2, 0) is 9.53 Å². The SMILES string of the molecule is O=C(CC1CCCCO1)N1CCCC2CNCC21. The summed E-state index contributed by atoms with van der Waals surface area (Å²) in [6.07, 6.45) is 6.66. The van der Waals surface area contributed by atoms with E-state index in [4.69, 9.17) is 4.74 Å². The van der Waals surface area contributed by atoms with E-state index in [1.165, 1.54) is 19.3 Å². The number of fused-ring (bicyclic) bond motifs is 1. The van der Waals surface area contributed by atoms with Crippen LogP contribution in [0.15, 0.2) is 0 Å². The zero-order valence-corrected chi connectivity index (χ0v) is 11.1. The van der Waals surface area contributed by atoms with E-state index in [1.807, 2.05) is 0 Å². The van der Waals surface area contributed by atoms with Gasteiger partial charge in [-0.3, -0.25) is 4.79 Å². The highest BCUT2D eigenvalue weighted by molar-refractivity contribution is 5.77. The van der Waals surface area contributed by atoms with Gasteiger partial charge in [0.05, 0.1) is 12.5 Å². The molecule has 0 spiro atoms. The Morgan fingerprint density at radius 1 is 1.22 bits per heavy atom. The molecule has 4 nitrogen and oxygen atoms in total. The zero-order valence-electron chi connectivity index (χ0n) is 11.1. The first-order valence-corrected chi connectivity index (χ1v) is 7.46. The first kappa shape index (κ1) is 12.4. The highest BCUT2D eigenvalue weighted by Crippen LogP contribution is 2.27. The van der Waals surface area contributed by atoms with Gasteiger partial charge in [0.1, 0.15) is 0 Å².